The predicted octanol–water partition coefficient (Wildman–Crippen LogP) is 0.864. The number of aromatic nitrogens is 1. The van der Waals surface area contributed by atoms with E-state index >= 15 is 0 Å². The van der Waals surface area contributed by atoms with Crippen LogP contribution in [0.5, 0.6) is 0 Å². The Hall–Kier alpha value is -1.66. The standard InChI is InChI=1S/C13H20N4O2/c1-9-4-6-17(8-12(9)19-2)13(18)11-7-10(16-14)3-5-15-11/h3,5,7,9,12H,4,6,8,14H2,1-2H3,(H,15,16). The molecule has 2 unspecified atom stereocenters. The Kier molecular flexibility index (Phi) is 4.34. The molecule has 1 amide bonds. The molecule has 104 valence electrons. The number of hydrogen-bond donors (Lipinski definition) is 2. The minimum Gasteiger partial charge on any atom is -0.379 e. The van der Waals surface area contributed by atoms with E-state index in [-0.39, 0.29) is 12.0 Å². The Balaban J connectivity index is 2.10. The summed E-state index contributed by atoms with van der Waals surface area (Å²) in [6.45, 7) is 3.49. The fraction of sp³-hybridized carbons (Fsp3) is 0.538. The second kappa shape index (κ2) is 5.99. The van der Waals surface area contributed by atoms with Crippen LogP contribution in [0.15, 0.2) is 18.3 Å². The van der Waals surface area contributed by atoms with Gasteiger partial charge < -0.3 is 15.1 Å². The lowest BCUT2D eigenvalue weighted by atomic mass is 9.95. The van der Waals surface area contributed by atoms with Gasteiger partial charge in [-0.2, -0.15) is 0 Å². The first-order valence-electron chi connectivity index (χ1n) is 6.40. The normalized spacial score (nSPS) is 23.2. The molecule has 2 rings (SSSR count). The van der Waals surface area contributed by atoms with Crippen molar-refractivity contribution >= 4 is 11.6 Å². The van der Waals surface area contributed by atoms with E-state index in [1.165, 1.54) is 0 Å². The van der Waals surface area contributed by atoms with Gasteiger partial charge in [-0.1, -0.05) is 6.92 Å². The van der Waals surface area contributed by atoms with Crippen LogP contribution in [0.2, 0.25) is 0 Å². The highest BCUT2D eigenvalue weighted by atomic mass is 16.5. The lowest BCUT2D eigenvalue weighted by Gasteiger charge is -2.36. The van der Waals surface area contributed by atoms with Crippen molar-refractivity contribution in [3.05, 3.63) is 24.0 Å². The monoisotopic (exact) mass is 264 g/mol. The van der Waals surface area contributed by atoms with Gasteiger partial charge >= 0.3 is 0 Å². The molecular formula is C13H20N4O2. The largest absolute Gasteiger partial charge is 0.379 e. The molecule has 0 saturated carbocycles. The van der Waals surface area contributed by atoms with Crippen LogP contribution in [0.25, 0.3) is 0 Å². The lowest BCUT2D eigenvalue weighted by Crippen LogP contribution is -2.46. The van der Waals surface area contributed by atoms with Crippen molar-refractivity contribution in [1.82, 2.24) is 9.88 Å². The van der Waals surface area contributed by atoms with E-state index in [1.807, 2.05) is 0 Å². The number of hydrogen-bond acceptors (Lipinski definition) is 5. The van der Waals surface area contributed by atoms with Crippen LogP contribution >= 0.6 is 0 Å². The Morgan fingerprint density at radius 1 is 1.63 bits per heavy atom. The number of nitrogens with zero attached hydrogens (tertiary/aromatic N) is 2. The summed E-state index contributed by atoms with van der Waals surface area (Å²) in [5.74, 6) is 5.73. The van der Waals surface area contributed by atoms with Crippen molar-refractivity contribution in [3.63, 3.8) is 0 Å². The summed E-state index contributed by atoms with van der Waals surface area (Å²) in [4.78, 5) is 18.3. The van der Waals surface area contributed by atoms with Crippen molar-refractivity contribution in [2.24, 2.45) is 11.8 Å². The van der Waals surface area contributed by atoms with Gasteiger partial charge in [-0.25, -0.2) is 0 Å². The molecule has 0 aliphatic carbocycles. The number of ether oxygens (including phenoxy) is 1. The summed E-state index contributed by atoms with van der Waals surface area (Å²) in [6.07, 6.45) is 2.61. The molecule has 6 heteroatoms. The summed E-state index contributed by atoms with van der Waals surface area (Å²) >= 11 is 0. The first kappa shape index (κ1) is 13.8. The SMILES string of the molecule is COC1CN(C(=O)c2cc(NN)ccn2)CCC1C. The van der Waals surface area contributed by atoms with Gasteiger partial charge in [0.2, 0.25) is 0 Å². The van der Waals surface area contributed by atoms with E-state index in [1.54, 1.807) is 30.3 Å². The third-order valence-corrected chi connectivity index (χ3v) is 3.63. The van der Waals surface area contributed by atoms with E-state index in [0.717, 1.165) is 13.0 Å². The molecule has 19 heavy (non-hydrogen) atoms. The molecule has 1 aromatic heterocycles. The molecule has 0 bridgehead atoms. The lowest BCUT2D eigenvalue weighted by molar-refractivity contribution is -0.00177. The molecule has 0 aromatic carbocycles. The summed E-state index contributed by atoms with van der Waals surface area (Å²) in [6, 6.07) is 3.37. The van der Waals surface area contributed by atoms with Gasteiger partial charge in [-0.05, 0) is 24.5 Å². The molecule has 1 aliphatic rings. The summed E-state index contributed by atoms with van der Waals surface area (Å²) in [5, 5.41) is 0. The topological polar surface area (TPSA) is 80.5 Å². The maximum Gasteiger partial charge on any atom is 0.272 e. The summed E-state index contributed by atoms with van der Waals surface area (Å²) < 4.78 is 5.42. The van der Waals surface area contributed by atoms with Crippen molar-refractivity contribution in [2.45, 2.75) is 19.4 Å². The molecule has 2 heterocycles. The van der Waals surface area contributed by atoms with Crippen LogP contribution in [-0.4, -0.2) is 42.1 Å². The second-order valence-electron chi connectivity index (χ2n) is 4.87. The zero-order chi connectivity index (χ0) is 13.8. The van der Waals surface area contributed by atoms with E-state index < -0.39 is 0 Å². The Morgan fingerprint density at radius 2 is 2.42 bits per heavy atom. The molecule has 2 atom stereocenters. The van der Waals surface area contributed by atoms with Crippen LogP contribution in [-0.2, 0) is 4.74 Å². The average molecular weight is 264 g/mol. The number of likely N-dealkylation sites (tertiary alicyclic amines) is 1. The Labute approximate surface area is 112 Å². The maximum atomic E-state index is 12.4. The molecule has 1 fully saturated rings. The number of hydrazine groups is 1. The average Bonchev–Trinajstić information content (AvgIpc) is 2.47. The van der Waals surface area contributed by atoms with Gasteiger partial charge in [-0.15, -0.1) is 0 Å². The predicted molar refractivity (Wildman–Crippen MR) is 72.5 cm³/mol. The number of pyridine rings is 1. The number of nitrogens with one attached hydrogen (secondary N) is 1. The Morgan fingerprint density at radius 3 is 3.11 bits per heavy atom. The van der Waals surface area contributed by atoms with E-state index in [9.17, 15) is 4.79 Å². The van der Waals surface area contributed by atoms with Gasteiger partial charge in [0.05, 0.1) is 11.8 Å². The molecule has 1 aromatic rings. The molecule has 3 N–H and O–H groups in total. The molecular weight excluding hydrogens is 244 g/mol. The second-order valence-corrected chi connectivity index (χ2v) is 4.87. The van der Waals surface area contributed by atoms with Gasteiger partial charge in [0.15, 0.2) is 0 Å². The van der Waals surface area contributed by atoms with E-state index in [4.69, 9.17) is 10.6 Å². The van der Waals surface area contributed by atoms with Gasteiger partial charge in [0.1, 0.15) is 5.69 Å². The fourth-order valence-corrected chi connectivity index (χ4v) is 2.32. The number of anilines is 1. The summed E-state index contributed by atoms with van der Waals surface area (Å²) in [5.41, 5.74) is 3.59. The summed E-state index contributed by atoms with van der Waals surface area (Å²) in [7, 11) is 1.69. The minimum atomic E-state index is -0.0777. The van der Waals surface area contributed by atoms with Gasteiger partial charge in [0, 0.05) is 26.4 Å². The number of rotatable bonds is 3. The minimum absolute atomic E-state index is 0.0777. The van der Waals surface area contributed by atoms with E-state index in [2.05, 4.69) is 17.3 Å². The molecule has 1 aliphatic heterocycles. The smallest absolute Gasteiger partial charge is 0.272 e. The number of methoxy groups -OCH3 is 1. The van der Waals surface area contributed by atoms with Crippen LogP contribution in [0, 0.1) is 5.92 Å². The maximum absolute atomic E-state index is 12.4. The number of piperidine rings is 1. The van der Waals surface area contributed by atoms with Crippen molar-refractivity contribution in [2.75, 3.05) is 25.6 Å². The first-order valence-corrected chi connectivity index (χ1v) is 6.40. The van der Waals surface area contributed by atoms with Crippen molar-refractivity contribution in [3.8, 4) is 0 Å². The highest BCUT2D eigenvalue weighted by Crippen LogP contribution is 2.21. The number of amides is 1. The molecule has 0 spiro atoms. The highest BCUT2D eigenvalue weighted by molar-refractivity contribution is 5.93. The van der Waals surface area contributed by atoms with E-state index in [0.29, 0.717) is 23.8 Å². The van der Waals surface area contributed by atoms with Crippen LogP contribution in [0.3, 0.4) is 0 Å². The van der Waals surface area contributed by atoms with Gasteiger partial charge in [0.25, 0.3) is 5.91 Å². The fourth-order valence-electron chi connectivity index (χ4n) is 2.32. The molecule has 0 radical (unpaired) electrons. The third-order valence-electron chi connectivity index (χ3n) is 3.63. The Bertz CT molecular complexity index is 452. The highest BCUT2D eigenvalue weighted by Gasteiger charge is 2.29. The third kappa shape index (κ3) is 3.02. The molecule has 1 saturated heterocycles. The van der Waals surface area contributed by atoms with Crippen molar-refractivity contribution < 1.29 is 9.53 Å². The zero-order valence-corrected chi connectivity index (χ0v) is 11.3. The van der Waals surface area contributed by atoms with Gasteiger partial charge in [-0.3, -0.25) is 15.6 Å². The number of carbonyl (C=O) groups excluding carboxylic acids is 1. The van der Waals surface area contributed by atoms with Crippen LogP contribution in [0.1, 0.15) is 23.8 Å². The quantitative estimate of drug-likeness (QED) is 0.625. The van der Waals surface area contributed by atoms with Crippen LogP contribution < -0.4 is 11.3 Å². The van der Waals surface area contributed by atoms with Crippen LogP contribution in [0.4, 0.5) is 5.69 Å². The number of carbonyl (C=O) groups is 1. The van der Waals surface area contributed by atoms with Crippen molar-refractivity contribution in [1.29, 1.82) is 0 Å². The number of nitrogen functional groups attached to an aromatic ring is 1. The molecule has 6 nitrogen and oxygen atoms in total. The number of nitrogens with two attached hydrogens (primary N) is 1. The zero-order valence-electron chi connectivity index (χ0n) is 11.3. The first-order chi connectivity index (χ1) is 9.15.